The number of pyridine rings is 3. The Morgan fingerprint density at radius 2 is 1.77 bits per heavy atom. The van der Waals surface area contributed by atoms with E-state index in [0.29, 0.717) is 22.6 Å². The smallest absolute Gasteiger partial charge is 0.383 e. The van der Waals surface area contributed by atoms with Gasteiger partial charge in [0.1, 0.15) is 17.0 Å². The van der Waals surface area contributed by atoms with Gasteiger partial charge in [0, 0.05) is 12.4 Å². The molecule has 26 heavy (non-hydrogen) atoms. The number of rotatable bonds is 2. The van der Waals surface area contributed by atoms with Gasteiger partial charge in [0.2, 0.25) is 0 Å². The molecular formula is C17H11F3N6. The third-order valence-electron chi connectivity index (χ3n) is 3.78. The van der Waals surface area contributed by atoms with E-state index in [-0.39, 0.29) is 11.5 Å². The lowest BCUT2D eigenvalue weighted by Crippen LogP contribution is -2.09. The fourth-order valence-corrected chi connectivity index (χ4v) is 2.63. The van der Waals surface area contributed by atoms with Crippen LogP contribution < -0.4 is 5.73 Å². The van der Waals surface area contributed by atoms with Gasteiger partial charge in [0.05, 0.1) is 17.4 Å². The summed E-state index contributed by atoms with van der Waals surface area (Å²) in [5.41, 5.74) is 6.31. The molecule has 0 amide bonds. The van der Waals surface area contributed by atoms with E-state index in [0.717, 1.165) is 6.07 Å². The Kier molecular flexibility index (Phi) is 3.57. The molecule has 0 aliphatic carbocycles. The second-order valence-corrected chi connectivity index (χ2v) is 5.46. The Bertz CT molecular complexity index is 1090. The molecule has 4 rings (SSSR count). The van der Waals surface area contributed by atoms with E-state index in [9.17, 15) is 13.2 Å². The Labute approximate surface area is 145 Å². The maximum atomic E-state index is 13.1. The molecule has 0 unspecified atom stereocenters. The van der Waals surface area contributed by atoms with E-state index >= 15 is 0 Å². The third-order valence-corrected chi connectivity index (χ3v) is 3.78. The van der Waals surface area contributed by atoms with Gasteiger partial charge in [0.15, 0.2) is 11.5 Å². The number of nitrogen functional groups attached to an aromatic ring is 1. The van der Waals surface area contributed by atoms with Gasteiger partial charge in [-0.1, -0.05) is 0 Å². The first-order valence-corrected chi connectivity index (χ1v) is 7.53. The van der Waals surface area contributed by atoms with Crippen molar-refractivity contribution in [3.05, 3.63) is 60.7 Å². The number of imidazole rings is 1. The highest BCUT2D eigenvalue weighted by Gasteiger charge is 2.33. The highest BCUT2D eigenvalue weighted by molar-refractivity contribution is 5.82. The van der Waals surface area contributed by atoms with Gasteiger partial charge in [-0.15, -0.1) is 0 Å². The summed E-state index contributed by atoms with van der Waals surface area (Å²) in [6.45, 7) is 0. The van der Waals surface area contributed by atoms with Crippen LogP contribution in [0.15, 0.2) is 55.0 Å². The molecule has 9 heteroatoms. The van der Waals surface area contributed by atoms with E-state index < -0.39 is 11.9 Å². The number of alkyl halides is 3. The highest BCUT2D eigenvalue weighted by Crippen LogP contribution is 2.33. The summed E-state index contributed by atoms with van der Waals surface area (Å²) in [5, 5.41) is 0. The van der Waals surface area contributed by atoms with Crippen molar-refractivity contribution in [1.29, 1.82) is 0 Å². The summed E-state index contributed by atoms with van der Waals surface area (Å²) in [6, 6.07) is 8.93. The van der Waals surface area contributed by atoms with Crippen LogP contribution >= 0.6 is 0 Å². The minimum Gasteiger partial charge on any atom is -0.383 e. The first-order chi connectivity index (χ1) is 12.4. The molecular weight excluding hydrogens is 345 g/mol. The van der Waals surface area contributed by atoms with Crippen LogP contribution in [0, 0.1) is 0 Å². The molecule has 130 valence electrons. The highest BCUT2D eigenvalue weighted by atomic mass is 19.4. The molecule has 4 aromatic rings. The van der Waals surface area contributed by atoms with Crippen LogP contribution in [-0.4, -0.2) is 24.5 Å². The molecule has 4 heterocycles. The number of aromatic nitrogens is 5. The molecule has 0 aliphatic rings. The van der Waals surface area contributed by atoms with Crippen LogP contribution in [0.4, 0.5) is 19.0 Å². The van der Waals surface area contributed by atoms with Gasteiger partial charge in [-0.3, -0.25) is 9.55 Å². The summed E-state index contributed by atoms with van der Waals surface area (Å²) >= 11 is 0. The van der Waals surface area contributed by atoms with Crippen LogP contribution in [0.25, 0.3) is 28.2 Å². The normalized spacial score (nSPS) is 11.8. The first-order valence-electron chi connectivity index (χ1n) is 7.53. The van der Waals surface area contributed by atoms with Gasteiger partial charge < -0.3 is 5.73 Å². The predicted octanol–water partition coefficient (Wildman–Crippen LogP) is 3.48. The third kappa shape index (κ3) is 2.63. The first kappa shape index (κ1) is 16.0. The summed E-state index contributed by atoms with van der Waals surface area (Å²) < 4.78 is 40.8. The van der Waals surface area contributed by atoms with Crippen LogP contribution in [0.1, 0.15) is 5.69 Å². The van der Waals surface area contributed by atoms with Crippen LogP contribution in [-0.2, 0) is 6.18 Å². The van der Waals surface area contributed by atoms with Gasteiger partial charge in [-0.05, 0) is 36.4 Å². The number of anilines is 1. The Hall–Kier alpha value is -3.49. The molecule has 0 bridgehead atoms. The fourth-order valence-electron chi connectivity index (χ4n) is 2.63. The maximum absolute atomic E-state index is 13.1. The topological polar surface area (TPSA) is 82.5 Å². The van der Waals surface area contributed by atoms with Crippen molar-refractivity contribution in [3.63, 3.8) is 0 Å². The number of halogens is 3. The monoisotopic (exact) mass is 356 g/mol. The lowest BCUT2D eigenvalue weighted by atomic mass is 10.2. The average molecular weight is 356 g/mol. The van der Waals surface area contributed by atoms with Gasteiger partial charge >= 0.3 is 6.18 Å². The lowest BCUT2D eigenvalue weighted by molar-refractivity contribution is -0.141. The van der Waals surface area contributed by atoms with Gasteiger partial charge in [-0.2, -0.15) is 13.2 Å². The number of nitrogens with two attached hydrogens (primary N) is 1. The Morgan fingerprint density at radius 3 is 2.46 bits per heavy atom. The summed E-state index contributed by atoms with van der Waals surface area (Å²) in [7, 11) is 0. The van der Waals surface area contributed by atoms with Crippen LogP contribution in [0.2, 0.25) is 0 Å². The van der Waals surface area contributed by atoms with Crippen molar-refractivity contribution in [3.8, 4) is 17.1 Å². The largest absolute Gasteiger partial charge is 0.433 e. The van der Waals surface area contributed by atoms with Crippen LogP contribution in [0.5, 0.6) is 0 Å². The second kappa shape index (κ2) is 5.80. The molecule has 0 saturated carbocycles. The van der Waals surface area contributed by atoms with E-state index in [1.165, 1.54) is 23.0 Å². The van der Waals surface area contributed by atoms with Crippen molar-refractivity contribution >= 4 is 17.0 Å². The van der Waals surface area contributed by atoms with Crippen molar-refractivity contribution in [1.82, 2.24) is 24.5 Å². The minimum atomic E-state index is -4.56. The summed E-state index contributed by atoms with van der Waals surface area (Å²) in [4.78, 5) is 16.3. The molecule has 0 radical (unpaired) electrons. The molecule has 0 fully saturated rings. The quantitative estimate of drug-likeness (QED) is 0.595. The molecule has 0 aliphatic heterocycles. The maximum Gasteiger partial charge on any atom is 0.433 e. The van der Waals surface area contributed by atoms with E-state index in [4.69, 9.17) is 5.73 Å². The zero-order valence-electron chi connectivity index (χ0n) is 13.1. The molecule has 0 aromatic carbocycles. The van der Waals surface area contributed by atoms with Crippen molar-refractivity contribution in [2.24, 2.45) is 0 Å². The molecule has 4 aromatic heterocycles. The molecule has 6 nitrogen and oxygen atoms in total. The fraction of sp³-hybridized carbons (Fsp3) is 0.0588. The average Bonchev–Trinajstić information content (AvgIpc) is 3.00. The molecule has 2 N–H and O–H groups in total. The van der Waals surface area contributed by atoms with Gasteiger partial charge in [-0.25, -0.2) is 15.0 Å². The van der Waals surface area contributed by atoms with Crippen LogP contribution in [0.3, 0.4) is 0 Å². The van der Waals surface area contributed by atoms with E-state index in [2.05, 4.69) is 19.9 Å². The zero-order chi connectivity index (χ0) is 18.3. The van der Waals surface area contributed by atoms with Gasteiger partial charge in [0.25, 0.3) is 0 Å². The molecule has 0 spiro atoms. The molecule has 0 atom stereocenters. The SMILES string of the molecule is Nc1ncccc1-c1nc2ccc(C(F)(F)F)nc2n1-c1cccnc1. The zero-order valence-corrected chi connectivity index (χ0v) is 13.1. The van der Waals surface area contributed by atoms with E-state index in [1.807, 2.05) is 0 Å². The number of hydrogen-bond acceptors (Lipinski definition) is 5. The lowest BCUT2D eigenvalue weighted by Gasteiger charge is -2.10. The van der Waals surface area contributed by atoms with E-state index in [1.54, 1.807) is 30.5 Å². The second-order valence-electron chi connectivity index (χ2n) is 5.46. The Balaban J connectivity index is 2.08. The predicted molar refractivity (Wildman–Crippen MR) is 89.3 cm³/mol. The van der Waals surface area contributed by atoms with Crippen molar-refractivity contribution in [2.75, 3.05) is 5.73 Å². The van der Waals surface area contributed by atoms with Crippen molar-refractivity contribution < 1.29 is 13.2 Å². The molecule has 0 saturated heterocycles. The Morgan fingerprint density at radius 1 is 0.962 bits per heavy atom. The number of hydrogen-bond donors (Lipinski definition) is 1. The number of nitrogens with zero attached hydrogens (tertiary/aromatic N) is 5. The summed E-state index contributed by atoms with van der Waals surface area (Å²) in [6.07, 6.45) is 0.0377. The minimum absolute atomic E-state index is 0.0612. The standard InChI is InChI=1S/C17H11F3N6/c18-17(19,20)13-6-5-12-16(25-13)26(10-3-1-7-22-9-10)15(24-12)11-4-2-8-23-14(11)21/h1-9H,(H2,21,23). The van der Waals surface area contributed by atoms with Crippen molar-refractivity contribution in [2.45, 2.75) is 6.18 Å². The number of fused-ring (bicyclic) bond motifs is 1. The summed E-state index contributed by atoms with van der Waals surface area (Å²) in [5.74, 6) is 0.550.